The molecule has 0 saturated carbocycles. The first-order valence-electron chi connectivity index (χ1n) is 5.71. The van der Waals surface area contributed by atoms with E-state index in [2.05, 4.69) is 15.3 Å². The van der Waals surface area contributed by atoms with Crippen LogP contribution in [0.4, 0.5) is 0 Å². The van der Waals surface area contributed by atoms with Crippen LogP contribution >= 0.6 is 0 Å². The minimum atomic E-state index is -3.69. The summed E-state index contributed by atoms with van der Waals surface area (Å²) in [6.45, 7) is 0. The third-order valence-electron chi connectivity index (χ3n) is 2.91. The Morgan fingerprint density at radius 1 is 1.25 bits per heavy atom. The number of nitrogens with zero attached hydrogens (tertiary/aromatic N) is 3. The van der Waals surface area contributed by atoms with E-state index in [1.54, 1.807) is 13.2 Å². The minimum absolute atomic E-state index is 0.0304. The highest BCUT2D eigenvalue weighted by atomic mass is 32.2. The highest BCUT2D eigenvalue weighted by molar-refractivity contribution is 7.91. The highest BCUT2D eigenvalue weighted by Crippen LogP contribution is 2.21. The Morgan fingerprint density at radius 3 is 2.75 bits per heavy atom. The topological polar surface area (TPSA) is 97.7 Å². The molecular formula is C12H10N4O3S. The number of H-pyrrole nitrogens is 1. The van der Waals surface area contributed by atoms with E-state index in [9.17, 15) is 13.2 Å². The van der Waals surface area contributed by atoms with Crippen LogP contribution in [-0.4, -0.2) is 28.4 Å². The third kappa shape index (κ3) is 1.90. The van der Waals surface area contributed by atoms with Crippen molar-refractivity contribution in [3.63, 3.8) is 0 Å². The fraction of sp³-hybridized carbons (Fsp3) is 0.0833. The zero-order chi connectivity index (χ0) is 14.3. The molecule has 0 aliphatic carbocycles. The predicted octanol–water partition coefficient (Wildman–Crippen LogP) is 0.489. The van der Waals surface area contributed by atoms with Crippen molar-refractivity contribution in [2.75, 3.05) is 0 Å². The summed E-state index contributed by atoms with van der Waals surface area (Å²) >= 11 is 0. The van der Waals surface area contributed by atoms with Crippen molar-refractivity contribution >= 4 is 20.6 Å². The smallest absolute Gasteiger partial charge is 0.272 e. The molecule has 0 atom stereocenters. The minimum Gasteiger partial charge on any atom is -0.275 e. The second-order valence-corrected chi connectivity index (χ2v) is 6.18. The Balaban J connectivity index is 2.22. The quantitative estimate of drug-likeness (QED) is 0.740. The molecule has 8 heteroatoms. The molecule has 0 fully saturated rings. The molecule has 0 aliphatic rings. The number of hydrogen-bond donors (Lipinski definition) is 1. The van der Waals surface area contributed by atoms with E-state index in [1.165, 1.54) is 35.1 Å². The standard InChI is InChI=1S/C12H10N4O3S/c1-16-5-4-11(15-16)20(18,19)9-2-3-10-8(6-9)7-13-14-12(10)17/h2-7H,1H3,(H,14,17). The highest BCUT2D eigenvalue weighted by Gasteiger charge is 2.20. The monoisotopic (exact) mass is 290 g/mol. The van der Waals surface area contributed by atoms with Crippen molar-refractivity contribution in [2.45, 2.75) is 9.92 Å². The van der Waals surface area contributed by atoms with Crippen LogP contribution in [0, 0.1) is 0 Å². The van der Waals surface area contributed by atoms with Gasteiger partial charge in [-0.3, -0.25) is 9.48 Å². The molecule has 1 N–H and O–H groups in total. The van der Waals surface area contributed by atoms with Crippen molar-refractivity contribution in [1.29, 1.82) is 0 Å². The lowest BCUT2D eigenvalue weighted by atomic mass is 10.2. The SMILES string of the molecule is Cn1ccc(S(=O)(=O)c2ccc3c(=O)[nH]ncc3c2)n1. The van der Waals surface area contributed by atoms with Gasteiger partial charge in [0.05, 0.1) is 16.5 Å². The van der Waals surface area contributed by atoms with Crippen LogP contribution in [0.1, 0.15) is 0 Å². The van der Waals surface area contributed by atoms with Gasteiger partial charge in [-0.1, -0.05) is 0 Å². The average Bonchev–Trinajstić information content (AvgIpc) is 2.86. The lowest BCUT2D eigenvalue weighted by Gasteiger charge is -2.02. The Hall–Kier alpha value is -2.48. The second-order valence-electron chi connectivity index (χ2n) is 4.28. The summed E-state index contributed by atoms with van der Waals surface area (Å²) in [6, 6.07) is 5.70. The molecule has 1 aromatic carbocycles. The summed E-state index contributed by atoms with van der Waals surface area (Å²) in [5.41, 5.74) is -0.357. The number of rotatable bonds is 2. The van der Waals surface area contributed by atoms with Gasteiger partial charge in [0.25, 0.3) is 5.56 Å². The summed E-state index contributed by atoms with van der Waals surface area (Å²) in [5, 5.41) is 10.7. The molecule has 3 rings (SSSR count). The van der Waals surface area contributed by atoms with E-state index in [4.69, 9.17) is 0 Å². The fourth-order valence-corrected chi connectivity index (χ4v) is 3.15. The summed E-state index contributed by atoms with van der Waals surface area (Å²) in [7, 11) is -2.05. The van der Waals surface area contributed by atoms with E-state index in [1.807, 2.05) is 0 Å². The van der Waals surface area contributed by atoms with Gasteiger partial charge in [0.1, 0.15) is 0 Å². The first-order valence-corrected chi connectivity index (χ1v) is 7.19. The molecule has 0 radical (unpaired) electrons. The van der Waals surface area contributed by atoms with Crippen molar-refractivity contribution in [1.82, 2.24) is 20.0 Å². The van der Waals surface area contributed by atoms with Gasteiger partial charge in [-0.05, 0) is 24.3 Å². The molecule has 102 valence electrons. The van der Waals surface area contributed by atoms with E-state index in [0.29, 0.717) is 10.8 Å². The summed E-state index contributed by atoms with van der Waals surface area (Å²) in [5.74, 6) is 0. The van der Waals surface area contributed by atoms with Crippen molar-refractivity contribution in [2.24, 2.45) is 7.05 Å². The van der Waals surface area contributed by atoms with Crippen LogP contribution in [-0.2, 0) is 16.9 Å². The number of aryl methyl sites for hydroxylation is 1. The molecule has 3 aromatic rings. The maximum atomic E-state index is 12.4. The van der Waals surface area contributed by atoms with Crippen LogP contribution in [0.25, 0.3) is 10.8 Å². The first kappa shape index (κ1) is 12.5. The molecule has 2 heterocycles. The Morgan fingerprint density at radius 2 is 2.05 bits per heavy atom. The Labute approximate surface area is 113 Å². The van der Waals surface area contributed by atoms with Gasteiger partial charge in [-0.25, -0.2) is 13.5 Å². The molecule has 0 bridgehead atoms. The van der Waals surface area contributed by atoms with E-state index < -0.39 is 9.84 Å². The molecule has 0 amide bonds. The molecule has 0 spiro atoms. The van der Waals surface area contributed by atoms with E-state index in [0.717, 1.165) is 0 Å². The van der Waals surface area contributed by atoms with Gasteiger partial charge in [0.15, 0.2) is 5.03 Å². The third-order valence-corrected chi connectivity index (χ3v) is 4.56. The summed E-state index contributed by atoms with van der Waals surface area (Å²) in [6.07, 6.45) is 2.97. The number of fused-ring (bicyclic) bond motifs is 1. The lowest BCUT2D eigenvalue weighted by molar-refractivity contribution is 0.588. The van der Waals surface area contributed by atoms with Crippen molar-refractivity contribution in [3.8, 4) is 0 Å². The van der Waals surface area contributed by atoms with E-state index >= 15 is 0 Å². The molecule has 2 aromatic heterocycles. The number of benzene rings is 1. The largest absolute Gasteiger partial charge is 0.275 e. The maximum Gasteiger partial charge on any atom is 0.272 e. The molecule has 0 saturated heterocycles. The number of sulfone groups is 1. The zero-order valence-electron chi connectivity index (χ0n) is 10.4. The van der Waals surface area contributed by atoms with Crippen LogP contribution in [0.15, 0.2) is 51.4 Å². The van der Waals surface area contributed by atoms with Gasteiger partial charge >= 0.3 is 0 Å². The molecule has 20 heavy (non-hydrogen) atoms. The lowest BCUT2D eigenvalue weighted by Crippen LogP contribution is -2.09. The molecule has 7 nitrogen and oxygen atoms in total. The van der Waals surface area contributed by atoms with Gasteiger partial charge in [-0.2, -0.15) is 10.2 Å². The van der Waals surface area contributed by atoms with Crippen molar-refractivity contribution in [3.05, 3.63) is 47.0 Å². The predicted molar refractivity (Wildman–Crippen MR) is 71.0 cm³/mol. The normalized spacial score (nSPS) is 11.8. The Kier molecular flexibility index (Phi) is 2.68. The van der Waals surface area contributed by atoms with Gasteiger partial charge < -0.3 is 0 Å². The van der Waals surface area contributed by atoms with Crippen LogP contribution in [0.5, 0.6) is 0 Å². The number of hydrogen-bond acceptors (Lipinski definition) is 5. The first-order chi connectivity index (χ1) is 9.48. The summed E-state index contributed by atoms with van der Waals surface area (Å²) < 4.78 is 26.2. The van der Waals surface area contributed by atoms with Crippen LogP contribution in [0.3, 0.4) is 0 Å². The van der Waals surface area contributed by atoms with Gasteiger partial charge in [0.2, 0.25) is 9.84 Å². The van der Waals surface area contributed by atoms with E-state index in [-0.39, 0.29) is 15.5 Å². The molecule has 0 unspecified atom stereocenters. The molecule has 0 aliphatic heterocycles. The second kappa shape index (κ2) is 4.27. The fourth-order valence-electron chi connectivity index (χ4n) is 1.90. The number of aromatic nitrogens is 4. The summed E-state index contributed by atoms with van der Waals surface area (Å²) in [4.78, 5) is 11.6. The number of nitrogens with one attached hydrogen (secondary N) is 1. The van der Waals surface area contributed by atoms with Gasteiger partial charge in [0, 0.05) is 18.6 Å². The maximum absolute atomic E-state index is 12.4. The Bertz CT molecular complexity index is 956. The molecular weight excluding hydrogens is 280 g/mol. The van der Waals surface area contributed by atoms with Crippen LogP contribution in [0.2, 0.25) is 0 Å². The van der Waals surface area contributed by atoms with Crippen LogP contribution < -0.4 is 5.56 Å². The van der Waals surface area contributed by atoms with Gasteiger partial charge in [-0.15, -0.1) is 0 Å². The average molecular weight is 290 g/mol. The number of aromatic amines is 1. The zero-order valence-corrected chi connectivity index (χ0v) is 11.3. The van der Waals surface area contributed by atoms with Crippen molar-refractivity contribution < 1.29 is 8.42 Å².